The molecule has 0 rings (SSSR count). The van der Waals surface area contributed by atoms with Crippen molar-refractivity contribution in [1.82, 2.24) is 5.32 Å². The molecule has 0 aromatic rings. The SMILES string of the molecule is CCNC(C#N)CC(C)(C)OC. The van der Waals surface area contributed by atoms with Crippen LogP contribution in [0.25, 0.3) is 0 Å². The van der Waals surface area contributed by atoms with Crippen molar-refractivity contribution in [3.63, 3.8) is 0 Å². The Morgan fingerprint density at radius 1 is 1.58 bits per heavy atom. The molecule has 12 heavy (non-hydrogen) atoms. The van der Waals surface area contributed by atoms with Gasteiger partial charge in [0.15, 0.2) is 0 Å². The first-order valence-electron chi connectivity index (χ1n) is 4.24. The van der Waals surface area contributed by atoms with Crippen LogP contribution in [0.4, 0.5) is 0 Å². The fourth-order valence-corrected chi connectivity index (χ4v) is 0.985. The van der Waals surface area contributed by atoms with E-state index in [-0.39, 0.29) is 11.6 Å². The Morgan fingerprint density at radius 3 is 2.50 bits per heavy atom. The minimum atomic E-state index is -0.220. The summed E-state index contributed by atoms with van der Waals surface area (Å²) in [7, 11) is 1.67. The van der Waals surface area contributed by atoms with Gasteiger partial charge in [-0.15, -0.1) is 0 Å². The highest BCUT2D eigenvalue weighted by Gasteiger charge is 2.21. The zero-order valence-electron chi connectivity index (χ0n) is 8.35. The summed E-state index contributed by atoms with van der Waals surface area (Å²) in [4.78, 5) is 0. The van der Waals surface area contributed by atoms with Crippen molar-refractivity contribution in [2.24, 2.45) is 0 Å². The van der Waals surface area contributed by atoms with E-state index in [4.69, 9.17) is 10.00 Å². The first kappa shape index (κ1) is 11.4. The molecule has 0 radical (unpaired) electrons. The standard InChI is InChI=1S/C9H18N2O/c1-5-11-8(7-10)6-9(2,3)12-4/h8,11H,5-6H2,1-4H3. The second kappa shape index (κ2) is 5.13. The summed E-state index contributed by atoms with van der Waals surface area (Å²) in [6.45, 7) is 6.77. The van der Waals surface area contributed by atoms with Crippen LogP contribution in [0, 0.1) is 11.3 Å². The molecular formula is C9H18N2O. The summed E-state index contributed by atoms with van der Waals surface area (Å²) in [5, 5.41) is 11.8. The summed E-state index contributed by atoms with van der Waals surface area (Å²) >= 11 is 0. The molecule has 70 valence electrons. The average Bonchev–Trinajstić information content (AvgIpc) is 2.03. The number of ether oxygens (including phenoxy) is 1. The monoisotopic (exact) mass is 170 g/mol. The van der Waals surface area contributed by atoms with E-state index in [1.54, 1.807) is 7.11 Å². The minimum absolute atomic E-state index is 0.107. The predicted octanol–water partition coefficient (Wildman–Crippen LogP) is 1.30. The van der Waals surface area contributed by atoms with Crippen LogP contribution < -0.4 is 5.32 Å². The molecule has 0 amide bonds. The quantitative estimate of drug-likeness (QED) is 0.676. The molecule has 0 heterocycles. The van der Waals surface area contributed by atoms with Crippen molar-refractivity contribution in [2.45, 2.75) is 38.8 Å². The zero-order chi connectivity index (χ0) is 9.61. The maximum absolute atomic E-state index is 8.75. The molecule has 0 aromatic carbocycles. The maximum Gasteiger partial charge on any atom is 0.0980 e. The molecule has 3 nitrogen and oxygen atoms in total. The maximum atomic E-state index is 8.75. The first-order valence-corrected chi connectivity index (χ1v) is 4.24. The Hall–Kier alpha value is -0.590. The summed E-state index contributed by atoms with van der Waals surface area (Å²) in [5.74, 6) is 0. The van der Waals surface area contributed by atoms with Gasteiger partial charge in [-0.25, -0.2) is 0 Å². The Labute approximate surface area is 74.7 Å². The Kier molecular flexibility index (Phi) is 4.87. The van der Waals surface area contributed by atoms with Gasteiger partial charge >= 0.3 is 0 Å². The van der Waals surface area contributed by atoms with Crippen LogP contribution in [0.5, 0.6) is 0 Å². The summed E-state index contributed by atoms with van der Waals surface area (Å²) < 4.78 is 5.23. The number of rotatable bonds is 5. The van der Waals surface area contributed by atoms with E-state index in [0.717, 1.165) is 6.54 Å². The third-order valence-electron chi connectivity index (χ3n) is 1.85. The van der Waals surface area contributed by atoms with Crippen molar-refractivity contribution >= 4 is 0 Å². The lowest BCUT2D eigenvalue weighted by Crippen LogP contribution is -2.36. The molecule has 0 bridgehead atoms. The van der Waals surface area contributed by atoms with E-state index in [1.165, 1.54) is 0 Å². The van der Waals surface area contributed by atoms with E-state index >= 15 is 0 Å². The van der Waals surface area contributed by atoms with Crippen LogP contribution in [0.1, 0.15) is 27.2 Å². The molecule has 1 atom stereocenters. The van der Waals surface area contributed by atoms with Crippen molar-refractivity contribution in [1.29, 1.82) is 5.26 Å². The first-order chi connectivity index (χ1) is 5.55. The van der Waals surface area contributed by atoms with Crippen molar-refractivity contribution in [3.05, 3.63) is 0 Å². The van der Waals surface area contributed by atoms with Crippen LogP contribution >= 0.6 is 0 Å². The molecule has 0 saturated carbocycles. The topological polar surface area (TPSA) is 45.0 Å². The predicted molar refractivity (Wildman–Crippen MR) is 48.8 cm³/mol. The molecule has 0 aromatic heterocycles. The highest BCUT2D eigenvalue weighted by atomic mass is 16.5. The fraction of sp³-hybridized carbons (Fsp3) is 0.889. The Bertz CT molecular complexity index is 160. The van der Waals surface area contributed by atoms with Gasteiger partial charge in [-0.2, -0.15) is 5.26 Å². The fourth-order valence-electron chi connectivity index (χ4n) is 0.985. The van der Waals surface area contributed by atoms with Crippen LogP contribution in [-0.4, -0.2) is 25.3 Å². The van der Waals surface area contributed by atoms with Crippen molar-refractivity contribution < 1.29 is 4.74 Å². The zero-order valence-corrected chi connectivity index (χ0v) is 8.35. The van der Waals surface area contributed by atoms with Gasteiger partial charge in [0.2, 0.25) is 0 Å². The van der Waals surface area contributed by atoms with E-state index in [0.29, 0.717) is 6.42 Å². The lowest BCUT2D eigenvalue weighted by atomic mass is 10.00. The molecule has 0 aliphatic heterocycles. The third-order valence-corrected chi connectivity index (χ3v) is 1.85. The molecule has 0 fully saturated rings. The normalized spacial score (nSPS) is 13.9. The van der Waals surface area contributed by atoms with E-state index in [1.807, 2.05) is 20.8 Å². The number of nitriles is 1. The lowest BCUT2D eigenvalue weighted by molar-refractivity contribution is 0.0114. The van der Waals surface area contributed by atoms with Gasteiger partial charge in [0, 0.05) is 13.5 Å². The Balaban J connectivity index is 3.94. The largest absolute Gasteiger partial charge is 0.379 e. The second-order valence-electron chi connectivity index (χ2n) is 3.41. The molecule has 3 heteroatoms. The van der Waals surface area contributed by atoms with Gasteiger partial charge in [-0.3, -0.25) is 0 Å². The van der Waals surface area contributed by atoms with Gasteiger partial charge in [-0.1, -0.05) is 6.92 Å². The van der Waals surface area contributed by atoms with Crippen molar-refractivity contribution in [2.75, 3.05) is 13.7 Å². The average molecular weight is 170 g/mol. The number of hydrogen-bond acceptors (Lipinski definition) is 3. The van der Waals surface area contributed by atoms with Gasteiger partial charge < -0.3 is 10.1 Å². The summed E-state index contributed by atoms with van der Waals surface area (Å²) in [6.07, 6.45) is 0.716. The lowest BCUT2D eigenvalue weighted by Gasteiger charge is -2.25. The molecule has 0 aliphatic carbocycles. The van der Waals surface area contributed by atoms with Crippen molar-refractivity contribution in [3.8, 4) is 6.07 Å². The number of methoxy groups -OCH3 is 1. The van der Waals surface area contributed by atoms with Gasteiger partial charge in [0.25, 0.3) is 0 Å². The molecular weight excluding hydrogens is 152 g/mol. The van der Waals surface area contributed by atoms with Crippen LogP contribution in [0.3, 0.4) is 0 Å². The molecule has 0 spiro atoms. The molecule has 0 aliphatic rings. The van der Waals surface area contributed by atoms with Gasteiger partial charge in [-0.05, 0) is 20.4 Å². The molecule has 1 unspecified atom stereocenters. The number of hydrogen-bond donors (Lipinski definition) is 1. The number of nitrogens with zero attached hydrogens (tertiary/aromatic N) is 1. The van der Waals surface area contributed by atoms with E-state index < -0.39 is 0 Å². The molecule has 0 saturated heterocycles. The minimum Gasteiger partial charge on any atom is -0.379 e. The highest BCUT2D eigenvalue weighted by molar-refractivity contribution is 4.93. The molecule has 1 N–H and O–H groups in total. The summed E-state index contributed by atoms with van der Waals surface area (Å²) in [5.41, 5.74) is -0.220. The van der Waals surface area contributed by atoms with Gasteiger partial charge in [0.05, 0.1) is 17.7 Å². The van der Waals surface area contributed by atoms with Crippen LogP contribution in [0.15, 0.2) is 0 Å². The highest BCUT2D eigenvalue weighted by Crippen LogP contribution is 2.14. The smallest absolute Gasteiger partial charge is 0.0980 e. The van der Waals surface area contributed by atoms with Crippen LogP contribution in [0.2, 0.25) is 0 Å². The second-order valence-corrected chi connectivity index (χ2v) is 3.41. The van der Waals surface area contributed by atoms with Crippen LogP contribution in [-0.2, 0) is 4.74 Å². The van der Waals surface area contributed by atoms with Gasteiger partial charge in [0.1, 0.15) is 0 Å². The van der Waals surface area contributed by atoms with E-state index in [2.05, 4.69) is 11.4 Å². The third kappa shape index (κ3) is 4.32. The number of nitrogens with one attached hydrogen (secondary N) is 1. The van der Waals surface area contributed by atoms with E-state index in [9.17, 15) is 0 Å². The summed E-state index contributed by atoms with van der Waals surface area (Å²) in [6, 6.07) is 2.10. The Morgan fingerprint density at radius 2 is 2.17 bits per heavy atom.